The van der Waals surface area contributed by atoms with Crippen molar-refractivity contribution in [2.75, 3.05) is 11.1 Å². The van der Waals surface area contributed by atoms with Gasteiger partial charge >= 0.3 is 6.18 Å². The third-order valence-electron chi connectivity index (χ3n) is 3.22. The number of hydrogen-bond donors (Lipinski definition) is 1. The van der Waals surface area contributed by atoms with Crippen molar-refractivity contribution < 1.29 is 22.9 Å². The maximum Gasteiger partial charge on any atom is 0.416 e. The summed E-state index contributed by atoms with van der Waals surface area (Å²) in [5.74, 6) is -0.750. The molecule has 140 valence electrons. The fraction of sp³-hybridized carbons (Fsp3) is 0.357. The average Bonchev–Trinajstić information content (AvgIpc) is 3.00. The van der Waals surface area contributed by atoms with Crippen LogP contribution in [0, 0.1) is 10.1 Å². The molecule has 0 spiro atoms. The molecule has 0 aliphatic rings. The number of alkyl halides is 3. The molecule has 0 radical (unpaired) electrons. The van der Waals surface area contributed by atoms with Crippen molar-refractivity contribution in [1.29, 1.82) is 0 Å². The minimum atomic E-state index is -4.72. The number of carbonyl (C=O) groups is 1. The molecule has 1 N–H and O–H groups in total. The van der Waals surface area contributed by atoms with Gasteiger partial charge in [-0.25, -0.2) is 0 Å². The minimum absolute atomic E-state index is 0.0755. The lowest BCUT2D eigenvalue weighted by Crippen LogP contribution is -2.16. The summed E-state index contributed by atoms with van der Waals surface area (Å²) >= 11 is 1.06. The Hall–Kier alpha value is -2.63. The zero-order valence-electron chi connectivity index (χ0n) is 13.6. The predicted octanol–water partition coefficient (Wildman–Crippen LogP) is 3.52. The van der Waals surface area contributed by atoms with Gasteiger partial charge in [-0.2, -0.15) is 13.2 Å². The van der Waals surface area contributed by atoms with E-state index in [1.165, 1.54) is 6.33 Å². The Morgan fingerprint density at radius 2 is 2.12 bits per heavy atom. The first-order chi connectivity index (χ1) is 12.1. The van der Waals surface area contributed by atoms with E-state index in [4.69, 9.17) is 0 Å². The Labute approximate surface area is 149 Å². The van der Waals surface area contributed by atoms with Crippen LogP contribution >= 0.6 is 11.8 Å². The molecule has 1 aromatic carbocycles. The Bertz CT molecular complexity index is 822. The SMILES string of the molecule is CC(C)n1cnnc1SCC(=O)Nc1ccc(C(F)(F)F)cc1[N+](=O)[O-]. The molecule has 0 unspecified atom stereocenters. The van der Waals surface area contributed by atoms with E-state index in [0.717, 1.165) is 17.8 Å². The topological polar surface area (TPSA) is 103 Å². The summed E-state index contributed by atoms with van der Waals surface area (Å²) < 4.78 is 39.8. The van der Waals surface area contributed by atoms with Gasteiger partial charge in [0.25, 0.3) is 5.69 Å². The normalized spacial score (nSPS) is 11.6. The minimum Gasteiger partial charge on any atom is -0.320 e. The third kappa shape index (κ3) is 4.71. The second kappa shape index (κ2) is 7.72. The van der Waals surface area contributed by atoms with E-state index in [1.807, 2.05) is 13.8 Å². The van der Waals surface area contributed by atoms with E-state index in [-0.39, 0.29) is 17.5 Å². The molecule has 1 heterocycles. The van der Waals surface area contributed by atoms with Crippen LogP contribution in [0.1, 0.15) is 25.5 Å². The van der Waals surface area contributed by atoms with Crippen molar-refractivity contribution in [2.24, 2.45) is 0 Å². The molecular weight excluding hydrogens is 375 g/mol. The second-order valence-corrected chi connectivity index (χ2v) is 6.38. The zero-order valence-corrected chi connectivity index (χ0v) is 14.5. The van der Waals surface area contributed by atoms with Gasteiger partial charge in [0, 0.05) is 12.1 Å². The number of nitrogens with one attached hydrogen (secondary N) is 1. The molecule has 0 atom stereocenters. The Morgan fingerprint density at radius 3 is 2.69 bits per heavy atom. The van der Waals surface area contributed by atoms with Gasteiger partial charge in [0.15, 0.2) is 5.16 Å². The summed E-state index contributed by atoms with van der Waals surface area (Å²) in [6, 6.07) is 2.00. The molecule has 0 saturated carbocycles. The highest BCUT2D eigenvalue weighted by Crippen LogP contribution is 2.35. The van der Waals surface area contributed by atoms with Crippen molar-refractivity contribution >= 4 is 29.0 Å². The number of nitro benzene ring substituents is 1. The molecule has 12 heteroatoms. The first-order valence-electron chi connectivity index (χ1n) is 7.27. The number of nitrogens with zero attached hydrogens (tertiary/aromatic N) is 4. The van der Waals surface area contributed by atoms with E-state index < -0.39 is 28.3 Å². The number of thioether (sulfide) groups is 1. The van der Waals surface area contributed by atoms with Crippen LogP contribution in [0.25, 0.3) is 0 Å². The van der Waals surface area contributed by atoms with Gasteiger partial charge in [-0.3, -0.25) is 14.9 Å². The molecule has 0 bridgehead atoms. The van der Waals surface area contributed by atoms with Crippen LogP contribution in [0.4, 0.5) is 24.5 Å². The second-order valence-electron chi connectivity index (χ2n) is 5.44. The lowest BCUT2D eigenvalue weighted by molar-refractivity contribution is -0.384. The van der Waals surface area contributed by atoms with Crippen molar-refractivity contribution in [3.8, 4) is 0 Å². The highest BCUT2D eigenvalue weighted by Gasteiger charge is 2.33. The standard InChI is InChI=1S/C14H14F3N5O3S/c1-8(2)21-7-18-20-13(21)26-6-12(23)19-10-4-3-9(14(15,16)17)5-11(10)22(24)25/h3-5,7-8H,6H2,1-2H3,(H,19,23). The lowest BCUT2D eigenvalue weighted by atomic mass is 10.1. The van der Waals surface area contributed by atoms with Crippen molar-refractivity contribution in [1.82, 2.24) is 14.8 Å². The highest BCUT2D eigenvalue weighted by atomic mass is 32.2. The van der Waals surface area contributed by atoms with Crippen molar-refractivity contribution in [3.63, 3.8) is 0 Å². The number of anilines is 1. The van der Waals surface area contributed by atoms with Crippen LogP contribution < -0.4 is 5.32 Å². The smallest absolute Gasteiger partial charge is 0.320 e. The Kier molecular flexibility index (Phi) is 5.85. The van der Waals surface area contributed by atoms with Crippen molar-refractivity contribution in [3.05, 3.63) is 40.2 Å². The molecular formula is C14H14F3N5O3S. The highest BCUT2D eigenvalue weighted by molar-refractivity contribution is 7.99. The van der Waals surface area contributed by atoms with Crippen LogP contribution in [0.3, 0.4) is 0 Å². The van der Waals surface area contributed by atoms with Gasteiger partial charge < -0.3 is 9.88 Å². The maximum absolute atomic E-state index is 12.7. The van der Waals surface area contributed by atoms with Gasteiger partial charge in [0.1, 0.15) is 12.0 Å². The van der Waals surface area contributed by atoms with Crippen LogP contribution in [-0.2, 0) is 11.0 Å². The summed E-state index contributed by atoms with van der Waals surface area (Å²) in [5.41, 5.74) is -2.30. The molecule has 26 heavy (non-hydrogen) atoms. The van der Waals surface area contributed by atoms with Crippen LogP contribution in [-0.4, -0.2) is 31.3 Å². The molecule has 2 rings (SSSR count). The monoisotopic (exact) mass is 389 g/mol. The Balaban J connectivity index is 2.11. The van der Waals surface area contributed by atoms with Gasteiger partial charge in [0.05, 0.1) is 16.2 Å². The molecule has 2 aromatic rings. The molecule has 1 amide bonds. The van der Waals surface area contributed by atoms with Gasteiger partial charge in [0.2, 0.25) is 5.91 Å². The average molecular weight is 389 g/mol. The van der Waals surface area contributed by atoms with Crippen LogP contribution in [0.15, 0.2) is 29.7 Å². The third-order valence-corrected chi connectivity index (χ3v) is 4.18. The number of halogens is 3. The number of nitro groups is 1. The first-order valence-corrected chi connectivity index (χ1v) is 8.26. The number of carbonyl (C=O) groups excluding carboxylic acids is 1. The lowest BCUT2D eigenvalue weighted by Gasteiger charge is -2.11. The summed E-state index contributed by atoms with van der Waals surface area (Å²) in [6.45, 7) is 3.80. The van der Waals surface area contributed by atoms with E-state index in [1.54, 1.807) is 4.57 Å². The van der Waals surface area contributed by atoms with Crippen LogP contribution in [0.2, 0.25) is 0 Å². The number of hydrogen-bond acceptors (Lipinski definition) is 6. The molecule has 0 aliphatic carbocycles. The zero-order chi connectivity index (χ0) is 19.5. The van der Waals surface area contributed by atoms with E-state index in [0.29, 0.717) is 17.3 Å². The predicted molar refractivity (Wildman–Crippen MR) is 87.9 cm³/mol. The largest absolute Gasteiger partial charge is 0.416 e. The summed E-state index contributed by atoms with van der Waals surface area (Å²) in [5, 5.41) is 21.3. The fourth-order valence-corrected chi connectivity index (χ4v) is 2.81. The number of amides is 1. The summed E-state index contributed by atoms with van der Waals surface area (Å²) in [6.07, 6.45) is -3.21. The number of aromatic nitrogens is 3. The molecule has 0 fully saturated rings. The fourth-order valence-electron chi connectivity index (χ4n) is 1.97. The molecule has 0 aliphatic heterocycles. The summed E-state index contributed by atoms with van der Waals surface area (Å²) in [4.78, 5) is 22.0. The first kappa shape index (κ1) is 19.7. The van der Waals surface area contributed by atoms with Gasteiger partial charge in [-0.05, 0) is 26.0 Å². The van der Waals surface area contributed by atoms with E-state index in [2.05, 4.69) is 15.5 Å². The molecule has 0 saturated heterocycles. The Morgan fingerprint density at radius 1 is 1.42 bits per heavy atom. The van der Waals surface area contributed by atoms with Crippen molar-refractivity contribution in [2.45, 2.75) is 31.2 Å². The quantitative estimate of drug-likeness (QED) is 0.461. The van der Waals surface area contributed by atoms with Gasteiger partial charge in [-0.15, -0.1) is 10.2 Å². The maximum atomic E-state index is 12.7. The number of rotatable bonds is 6. The molecule has 1 aromatic heterocycles. The van der Waals surface area contributed by atoms with Gasteiger partial charge in [-0.1, -0.05) is 11.8 Å². The summed E-state index contributed by atoms with van der Waals surface area (Å²) in [7, 11) is 0. The molecule has 8 nitrogen and oxygen atoms in total. The number of benzene rings is 1. The van der Waals surface area contributed by atoms with E-state index >= 15 is 0 Å². The van der Waals surface area contributed by atoms with Crippen LogP contribution in [0.5, 0.6) is 0 Å². The van der Waals surface area contributed by atoms with E-state index in [9.17, 15) is 28.1 Å².